The van der Waals surface area contributed by atoms with Gasteiger partial charge in [0.1, 0.15) is 5.82 Å². The first-order valence-corrected chi connectivity index (χ1v) is 6.07. The Balaban J connectivity index is 1.85. The van der Waals surface area contributed by atoms with Crippen LogP contribution in [0, 0.1) is 5.82 Å². The fourth-order valence-electron chi connectivity index (χ4n) is 2.27. The maximum absolute atomic E-state index is 13.5. The van der Waals surface area contributed by atoms with Gasteiger partial charge in [0.15, 0.2) is 0 Å². The molecule has 0 aromatic heterocycles. The first-order chi connectivity index (χ1) is 8.16. The zero-order chi connectivity index (χ0) is 12.3. The summed E-state index contributed by atoms with van der Waals surface area (Å²) in [5.41, 5.74) is 6.56. The average molecular weight is 238 g/mol. The van der Waals surface area contributed by atoms with Crippen LogP contribution >= 0.6 is 0 Å². The van der Waals surface area contributed by atoms with E-state index in [0.29, 0.717) is 18.5 Å². The molecule has 1 aliphatic heterocycles. The highest BCUT2D eigenvalue weighted by Gasteiger charge is 2.20. The molecule has 0 spiro atoms. The fraction of sp³-hybridized carbons (Fsp3) is 0.538. The molecule has 17 heavy (non-hydrogen) atoms. The molecule has 0 saturated carbocycles. The second kappa shape index (κ2) is 5.58. The summed E-state index contributed by atoms with van der Waals surface area (Å²) in [4.78, 5) is 2.17. The molecule has 94 valence electrons. The van der Waals surface area contributed by atoms with Gasteiger partial charge in [0.25, 0.3) is 0 Å². The molecular formula is C13H19FN2O. The van der Waals surface area contributed by atoms with Crippen molar-refractivity contribution in [3.05, 3.63) is 35.6 Å². The van der Waals surface area contributed by atoms with Gasteiger partial charge < -0.3 is 15.7 Å². The zero-order valence-electron chi connectivity index (χ0n) is 9.85. The minimum absolute atomic E-state index is 0.209. The van der Waals surface area contributed by atoms with Crippen molar-refractivity contribution in [3.8, 4) is 0 Å². The van der Waals surface area contributed by atoms with Crippen molar-refractivity contribution in [2.45, 2.75) is 25.0 Å². The van der Waals surface area contributed by atoms with E-state index in [9.17, 15) is 9.50 Å². The molecule has 1 fully saturated rings. The van der Waals surface area contributed by atoms with Crippen molar-refractivity contribution in [3.63, 3.8) is 0 Å². The second-order valence-corrected chi connectivity index (χ2v) is 4.66. The normalized spacial score (nSPS) is 22.9. The maximum atomic E-state index is 13.5. The second-order valence-electron chi connectivity index (χ2n) is 4.66. The first kappa shape index (κ1) is 12.5. The monoisotopic (exact) mass is 238 g/mol. The van der Waals surface area contributed by atoms with Crippen LogP contribution in [0.25, 0.3) is 0 Å². The van der Waals surface area contributed by atoms with Crippen LogP contribution in [0.15, 0.2) is 24.3 Å². The topological polar surface area (TPSA) is 49.5 Å². The summed E-state index contributed by atoms with van der Waals surface area (Å²) < 4.78 is 13.5. The van der Waals surface area contributed by atoms with Gasteiger partial charge in [-0.15, -0.1) is 0 Å². The standard InChI is InChI=1S/C13H19FN2O/c14-12-4-2-1-3-11(12)13(15)6-8-16-7-5-10(17)9-16/h1-4,10,13,17H,5-9,15H2. The van der Waals surface area contributed by atoms with Gasteiger partial charge in [-0.05, 0) is 18.9 Å². The highest BCUT2D eigenvalue weighted by Crippen LogP contribution is 2.19. The Labute approximate surface area is 101 Å². The number of aliphatic hydroxyl groups is 1. The maximum Gasteiger partial charge on any atom is 0.127 e. The molecule has 2 atom stereocenters. The third-order valence-corrected chi connectivity index (χ3v) is 3.31. The highest BCUT2D eigenvalue weighted by atomic mass is 19.1. The molecule has 3 N–H and O–H groups in total. The van der Waals surface area contributed by atoms with E-state index in [-0.39, 0.29) is 18.0 Å². The summed E-state index contributed by atoms with van der Waals surface area (Å²) >= 11 is 0. The zero-order valence-corrected chi connectivity index (χ0v) is 9.85. The number of nitrogens with two attached hydrogens (primary N) is 1. The molecule has 1 aliphatic rings. The Bertz CT molecular complexity index is 372. The van der Waals surface area contributed by atoms with E-state index in [1.807, 2.05) is 0 Å². The van der Waals surface area contributed by atoms with E-state index in [2.05, 4.69) is 4.90 Å². The van der Waals surface area contributed by atoms with E-state index in [4.69, 9.17) is 5.73 Å². The van der Waals surface area contributed by atoms with Gasteiger partial charge in [-0.1, -0.05) is 18.2 Å². The van der Waals surface area contributed by atoms with Crippen molar-refractivity contribution in [2.75, 3.05) is 19.6 Å². The van der Waals surface area contributed by atoms with E-state index in [1.54, 1.807) is 18.2 Å². The minimum atomic E-state index is -0.269. The Morgan fingerprint density at radius 3 is 2.88 bits per heavy atom. The van der Waals surface area contributed by atoms with Crippen LogP contribution in [0.3, 0.4) is 0 Å². The van der Waals surface area contributed by atoms with Crippen molar-refractivity contribution in [1.82, 2.24) is 4.90 Å². The molecule has 0 aliphatic carbocycles. The Hall–Kier alpha value is -0.970. The summed E-state index contributed by atoms with van der Waals surface area (Å²) in [5, 5.41) is 9.39. The Kier molecular flexibility index (Phi) is 4.10. The third-order valence-electron chi connectivity index (χ3n) is 3.31. The van der Waals surface area contributed by atoms with Gasteiger partial charge in [0.2, 0.25) is 0 Å². The molecule has 0 bridgehead atoms. The summed E-state index contributed by atoms with van der Waals surface area (Å²) in [6, 6.07) is 6.38. The van der Waals surface area contributed by atoms with Crippen LogP contribution in [-0.4, -0.2) is 35.7 Å². The number of aliphatic hydroxyl groups excluding tert-OH is 1. The Morgan fingerprint density at radius 2 is 2.24 bits per heavy atom. The summed E-state index contributed by atoms with van der Waals surface area (Å²) in [6.07, 6.45) is 1.34. The summed E-state index contributed by atoms with van der Waals surface area (Å²) in [7, 11) is 0. The third kappa shape index (κ3) is 3.25. The van der Waals surface area contributed by atoms with Gasteiger partial charge in [-0.3, -0.25) is 0 Å². The lowest BCUT2D eigenvalue weighted by Gasteiger charge is -2.18. The number of rotatable bonds is 4. The number of β-amino-alcohol motifs (C(OH)–C–C–N with tert-alkyl or cyclic N) is 1. The number of halogens is 1. The number of hydrogen-bond acceptors (Lipinski definition) is 3. The lowest BCUT2D eigenvalue weighted by atomic mass is 10.0. The largest absolute Gasteiger partial charge is 0.392 e. The molecule has 1 heterocycles. The SMILES string of the molecule is NC(CCN1CCC(O)C1)c1ccccc1F. The summed E-state index contributed by atoms with van der Waals surface area (Å²) in [6.45, 7) is 2.43. The summed E-state index contributed by atoms with van der Waals surface area (Å²) in [5.74, 6) is -0.235. The van der Waals surface area contributed by atoms with Crippen molar-refractivity contribution < 1.29 is 9.50 Å². The number of likely N-dealkylation sites (tertiary alicyclic amines) is 1. The quantitative estimate of drug-likeness (QED) is 0.831. The van der Waals surface area contributed by atoms with Crippen LogP contribution in [-0.2, 0) is 0 Å². The van der Waals surface area contributed by atoms with E-state index in [1.165, 1.54) is 6.07 Å². The fourth-order valence-corrected chi connectivity index (χ4v) is 2.27. The Morgan fingerprint density at radius 1 is 1.47 bits per heavy atom. The van der Waals surface area contributed by atoms with Crippen molar-refractivity contribution >= 4 is 0 Å². The average Bonchev–Trinajstić information content (AvgIpc) is 2.73. The molecule has 1 saturated heterocycles. The molecule has 0 amide bonds. The highest BCUT2D eigenvalue weighted by molar-refractivity contribution is 5.20. The van der Waals surface area contributed by atoms with Crippen molar-refractivity contribution in [1.29, 1.82) is 0 Å². The first-order valence-electron chi connectivity index (χ1n) is 6.07. The number of benzene rings is 1. The van der Waals surface area contributed by atoms with Gasteiger partial charge >= 0.3 is 0 Å². The lowest BCUT2D eigenvalue weighted by molar-refractivity contribution is 0.175. The number of nitrogens with zero attached hydrogens (tertiary/aromatic N) is 1. The molecule has 3 nitrogen and oxygen atoms in total. The van der Waals surface area contributed by atoms with Gasteiger partial charge in [-0.2, -0.15) is 0 Å². The predicted molar refractivity (Wildman–Crippen MR) is 65.0 cm³/mol. The van der Waals surface area contributed by atoms with Gasteiger partial charge in [-0.25, -0.2) is 4.39 Å². The molecule has 2 rings (SSSR count). The van der Waals surface area contributed by atoms with Crippen LogP contribution < -0.4 is 5.73 Å². The van der Waals surface area contributed by atoms with E-state index in [0.717, 1.165) is 19.5 Å². The van der Waals surface area contributed by atoms with E-state index < -0.39 is 0 Å². The molecular weight excluding hydrogens is 219 g/mol. The van der Waals surface area contributed by atoms with Crippen LogP contribution in [0.1, 0.15) is 24.4 Å². The van der Waals surface area contributed by atoms with Gasteiger partial charge in [0.05, 0.1) is 6.10 Å². The van der Waals surface area contributed by atoms with Crippen LogP contribution in [0.4, 0.5) is 4.39 Å². The van der Waals surface area contributed by atoms with Crippen LogP contribution in [0.2, 0.25) is 0 Å². The minimum Gasteiger partial charge on any atom is -0.392 e. The predicted octanol–water partition coefficient (Wildman–Crippen LogP) is 1.28. The molecule has 1 aromatic carbocycles. The van der Waals surface area contributed by atoms with Crippen molar-refractivity contribution in [2.24, 2.45) is 5.73 Å². The molecule has 1 aromatic rings. The molecule has 2 unspecified atom stereocenters. The van der Waals surface area contributed by atoms with Crippen LogP contribution in [0.5, 0.6) is 0 Å². The molecule has 4 heteroatoms. The molecule has 0 radical (unpaired) electrons. The lowest BCUT2D eigenvalue weighted by Crippen LogP contribution is -2.26. The van der Waals surface area contributed by atoms with E-state index >= 15 is 0 Å². The van der Waals surface area contributed by atoms with Gasteiger partial charge in [0, 0.05) is 31.2 Å². The number of hydrogen-bond donors (Lipinski definition) is 2. The smallest absolute Gasteiger partial charge is 0.127 e.